The molecule has 0 bridgehead atoms. The summed E-state index contributed by atoms with van der Waals surface area (Å²) in [6, 6.07) is 5.84. The molecule has 1 aromatic heterocycles. The van der Waals surface area contributed by atoms with E-state index < -0.39 is 0 Å². The number of rotatable bonds is 1. The number of allylic oxidation sites excluding steroid dienone is 4. The van der Waals surface area contributed by atoms with Gasteiger partial charge in [0, 0.05) is 12.4 Å². The molecule has 2 N–H and O–H groups in total. The van der Waals surface area contributed by atoms with Crippen LogP contribution in [0.25, 0.3) is 0 Å². The zero-order valence-corrected chi connectivity index (χ0v) is 11.0. The van der Waals surface area contributed by atoms with Gasteiger partial charge in [-0.05, 0) is 42.4 Å². The SMILES string of the molecule is N#CC1=C(N)C(=O)[C@H](c2cccnc2)[C@H]2CCCC=C12. The van der Waals surface area contributed by atoms with E-state index in [1.54, 1.807) is 12.4 Å². The average molecular weight is 265 g/mol. The lowest BCUT2D eigenvalue weighted by Gasteiger charge is -2.35. The third-order valence-electron chi connectivity index (χ3n) is 4.15. The minimum Gasteiger partial charge on any atom is -0.395 e. The third kappa shape index (κ3) is 1.83. The molecule has 0 fully saturated rings. The Morgan fingerprint density at radius 2 is 2.30 bits per heavy atom. The molecule has 1 heterocycles. The minimum absolute atomic E-state index is 0.0578. The van der Waals surface area contributed by atoms with Gasteiger partial charge in [0.15, 0.2) is 5.78 Å². The molecule has 0 spiro atoms. The van der Waals surface area contributed by atoms with Crippen LogP contribution >= 0.6 is 0 Å². The zero-order chi connectivity index (χ0) is 14.1. The zero-order valence-electron chi connectivity index (χ0n) is 11.0. The quantitative estimate of drug-likeness (QED) is 0.844. The smallest absolute Gasteiger partial charge is 0.187 e. The van der Waals surface area contributed by atoms with Crippen LogP contribution in [0.4, 0.5) is 0 Å². The molecule has 4 nitrogen and oxygen atoms in total. The second kappa shape index (κ2) is 4.93. The van der Waals surface area contributed by atoms with Crippen molar-refractivity contribution in [3.8, 4) is 6.07 Å². The molecule has 0 saturated carbocycles. The maximum absolute atomic E-state index is 12.6. The van der Waals surface area contributed by atoms with Crippen LogP contribution in [0.15, 0.2) is 47.4 Å². The van der Waals surface area contributed by atoms with Crippen molar-refractivity contribution in [1.82, 2.24) is 4.98 Å². The molecular formula is C16H15N3O. The summed E-state index contributed by atoms with van der Waals surface area (Å²) in [7, 11) is 0. The minimum atomic E-state index is -0.299. The first kappa shape index (κ1) is 12.6. The van der Waals surface area contributed by atoms with E-state index in [9.17, 15) is 10.1 Å². The summed E-state index contributed by atoms with van der Waals surface area (Å²) in [5.41, 5.74) is 8.22. The number of hydrogen-bond acceptors (Lipinski definition) is 4. The van der Waals surface area contributed by atoms with E-state index in [0.717, 1.165) is 30.4 Å². The average Bonchev–Trinajstić information content (AvgIpc) is 2.50. The number of carbonyl (C=O) groups is 1. The summed E-state index contributed by atoms with van der Waals surface area (Å²) >= 11 is 0. The van der Waals surface area contributed by atoms with Crippen LogP contribution in [-0.2, 0) is 4.79 Å². The van der Waals surface area contributed by atoms with E-state index in [0.29, 0.717) is 5.57 Å². The van der Waals surface area contributed by atoms with Gasteiger partial charge in [-0.2, -0.15) is 5.26 Å². The van der Waals surface area contributed by atoms with Crippen LogP contribution in [0.1, 0.15) is 30.7 Å². The number of Topliss-reactive ketones (excluding diaryl/α,β-unsaturated/α-hetero) is 1. The van der Waals surface area contributed by atoms with Crippen molar-refractivity contribution in [3.63, 3.8) is 0 Å². The maximum atomic E-state index is 12.6. The van der Waals surface area contributed by atoms with E-state index in [-0.39, 0.29) is 23.3 Å². The molecule has 3 rings (SSSR count). The van der Waals surface area contributed by atoms with Crippen LogP contribution in [0.2, 0.25) is 0 Å². The molecule has 0 unspecified atom stereocenters. The van der Waals surface area contributed by atoms with Crippen molar-refractivity contribution in [2.24, 2.45) is 11.7 Å². The lowest BCUT2D eigenvalue weighted by molar-refractivity contribution is -0.118. The Morgan fingerprint density at radius 1 is 1.45 bits per heavy atom. The van der Waals surface area contributed by atoms with Gasteiger partial charge in [0.25, 0.3) is 0 Å². The molecule has 0 radical (unpaired) electrons. The molecule has 0 aliphatic heterocycles. The van der Waals surface area contributed by atoms with Crippen molar-refractivity contribution in [1.29, 1.82) is 5.26 Å². The van der Waals surface area contributed by atoms with Gasteiger partial charge < -0.3 is 5.73 Å². The number of nitrogens with two attached hydrogens (primary N) is 1. The standard InChI is InChI=1S/C16H15N3O/c17-8-13-11-5-1-2-6-12(11)14(16(20)15(13)18)10-4-3-7-19-9-10/h3-5,7,9,12,14H,1-2,6,18H2/t12-,14+/m0/s1. The Bertz CT molecular complexity index is 652. The highest BCUT2D eigenvalue weighted by Crippen LogP contribution is 2.45. The molecular weight excluding hydrogens is 250 g/mol. The Balaban J connectivity index is 2.16. The highest BCUT2D eigenvalue weighted by Gasteiger charge is 2.41. The lowest BCUT2D eigenvalue weighted by Crippen LogP contribution is -2.35. The first-order valence-electron chi connectivity index (χ1n) is 6.78. The van der Waals surface area contributed by atoms with Crippen molar-refractivity contribution >= 4 is 5.78 Å². The summed E-state index contributed by atoms with van der Waals surface area (Å²) in [5.74, 6) is -0.381. The van der Waals surface area contributed by atoms with Gasteiger partial charge in [-0.3, -0.25) is 9.78 Å². The number of ketones is 1. The summed E-state index contributed by atoms with van der Waals surface area (Å²) in [6.45, 7) is 0. The van der Waals surface area contributed by atoms with Gasteiger partial charge >= 0.3 is 0 Å². The molecule has 1 aromatic rings. The normalized spacial score (nSPS) is 25.8. The number of aromatic nitrogens is 1. The molecule has 0 aromatic carbocycles. The Labute approximate surface area is 117 Å². The van der Waals surface area contributed by atoms with Gasteiger partial charge in [0.1, 0.15) is 6.07 Å². The third-order valence-corrected chi connectivity index (χ3v) is 4.15. The van der Waals surface area contributed by atoms with E-state index in [4.69, 9.17) is 5.73 Å². The first-order chi connectivity index (χ1) is 9.74. The van der Waals surface area contributed by atoms with Gasteiger partial charge in [-0.1, -0.05) is 12.1 Å². The number of hydrogen-bond donors (Lipinski definition) is 1. The fourth-order valence-corrected chi connectivity index (χ4v) is 3.23. The van der Waals surface area contributed by atoms with Crippen molar-refractivity contribution in [3.05, 3.63) is 53.0 Å². The van der Waals surface area contributed by atoms with Crippen LogP contribution in [0.3, 0.4) is 0 Å². The Morgan fingerprint density at radius 3 is 3.00 bits per heavy atom. The summed E-state index contributed by atoms with van der Waals surface area (Å²) in [4.78, 5) is 16.7. The van der Waals surface area contributed by atoms with Crippen LogP contribution in [0.5, 0.6) is 0 Å². The number of pyridine rings is 1. The second-order valence-corrected chi connectivity index (χ2v) is 5.23. The molecule has 20 heavy (non-hydrogen) atoms. The predicted molar refractivity (Wildman–Crippen MR) is 74.2 cm³/mol. The summed E-state index contributed by atoms with van der Waals surface area (Å²) < 4.78 is 0. The van der Waals surface area contributed by atoms with Crippen LogP contribution < -0.4 is 5.73 Å². The molecule has 2 atom stereocenters. The topological polar surface area (TPSA) is 79.8 Å². The summed E-state index contributed by atoms with van der Waals surface area (Å²) in [5, 5.41) is 9.28. The Kier molecular flexibility index (Phi) is 3.11. The van der Waals surface area contributed by atoms with Gasteiger partial charge in [0.2, 0.25) is 0 Å². The Hall–Kier alpha value is -2.41. The number of nitriles is 1. The van der Waals surface area contributed by atoms with E-state index in [2.05, 4.69) is 17.1 Å². The maximum Gasteiger partial charge on any atom is 0.187 e. The fourth-order valence-electron chi connectivity index (χ4n) is 3.23. The largest absolute Gasteiger partial charge is 0.395 e. The molecule has 0 saturated heterocycles. The van der Waals surface area contributed by atoms with Crippen LogP contribution in [0, 0.1) is 17.2 Å². The molecule has 0 amide bonds. The number of fused-ring (bicyclic) bond motifs is 1. The number of nitrogens with zero attached hydrogens (tertiary/aromatic N) is 2. The van der Waals surface area contributed by atoms with Crippen LogP contribution in [-0.4, -0.2) is 10.8 Å². The summed E-state index contributed by atoms with van der Waals surface area (Å²) in [6.07, 6.45) is 8.37. The second-order valence-electron chi connectivity index (χ2n) is 5.23. The van der Waals surface area contributed by atoms with Crippen molar-refractivity contribution in [2.75, 3.05) is 0 Å². The fraction of sp³-hybridized carbons (Fsp3) is 0.312. The number of carbonyl (C=O) groups excluding carboxylic acids is 1. The van der Waals surface area contributed by atoms with E-state index in [1.807, 2.05) is 12.1 Å². The van der Waals surface area contributed by atoms with E-state index in [1.165, 1.54) is 0 Å². The van der Waals surface area contributed by atoms with Crippen molar-refractivity contribution in [2.45, 2.75) is 25.2 Å². The molecule has 2 aliphatic carbocycles. The lowest BCUT2D eigenvalue weighted by atomic mass is 9.67. The molecule has 4 heteroatoms. The van der Waals surface area contributed by atoms with Gasteiger partial charge in [0.05, 0.1) is 17.2 Å². The first-order valence-corrected chi connectivity index (χ1v) is 6.78. The van der Waals surface area contributed by atoms with Crippen molar-refractivity contribution < 1.29 is 4.79 Å². The molecule has 100 valence electrons. The van der Waals surface area contributed by atoms with E-state index >= 15 is 0 Å². The molecule has 2 aliphatic rings. The van der Waals surface area contributed by atoms with Gasteiger partial charge in [-0.15, -0.1) is 0 Å². The van der Waals surface area contributed by atoms with Gasteiger partial charge in [-0.25, -0.2) is 0 Å². The highest BCUT2D eigenvalue weighted by atomic mass is 16.1. The highest BCUT2D eigenvalue weighted by molar-refractivity contribution is 6.03. The predicted octanol–water partition coefficient (Wildman–Crippen LogP) is 2.21. The monoisotopic (exact) mass is 265 g/mol.